The standard InChI is InChI=1S/C25H30N4O10/c1-8-9-5-6-10(28-11(30)7-27-39-4)18(31)13(9)19(32)14-12(8)20(33)16-17(29(2)3)21(34)15(24(26)37)23(36)25(16,38)22(14)35/h5-6,8,12,16-17,20,27,31,33-35,38H,7H2,1-4H3,(H2,26,37)(H,28,30)/t8?,12?,16?,17-,20?,25?/m0/s1. The molecule has 2 amide bonds. The zero-order valence-corrected chi connectivity index (χ0v) is 21.6. The van der Waals surface area contributed by atoms with E-state index in [-0.39, 0.29) is 23.4 Å². The fourth-order valence-electron chi connectivity index (χ4n) is 6.06. The molecule has 4 rings (SSSR count). The second-order valence-electron chi connectivity index (χ2n) is 10.1. The van der Waals surface area contributed by atoms with E-state index in [0.717, 1.165) is 0 Å². The number of aliphatic hydroxyl groups is 4. The lowest BCUT2D eigenvalue weighted by atomic mass is 9.55. The number of phenolic OH excluding ortho intramolecular Hbond substituents is 1. The third-order valence-electron chi connectivity index (χ3n) is 7.78. The Bertz CT molecular complexity index is 1350. The van der Waals surface area contributed by atoms with Crippen molar-refractivity contribution < 1.29 is 49.5 Å². The Kier molecular flexibility index (Phi) is 7.04. The number of amides is 2. The third-order valence-corrected chi connectivity index (χ3v) is 7.78. The molecule has 0 aliphatic heterocycles. The second-order valence-corrected chi connectivity index (χ2v) is 10.1. The molecule has 9 N–H and O–H groups in total. The van der Waals surface area contributed by atoms with Gasteiger partial charge < -0.3 is 41.4 Å². The molecule has 1 aromatic rings. The lowest BCUT2D eigenvalue weighted by molar-refractivity contribution is -0.162. The van der Waals surface area contributed by atoms with E-state index in [1.165, 1.54) is 38.2 Å². The summed E-state index contributed by atoms with van der Waals surface area (Å²) in [5, 5.41) is 58.8. The maximum absolute atomic E-state index is 13.8. The first-order valence-electron chi connectivity index (χ1n) is 12.0. The number of anilines is 1. The predicted molar refractivity (Wildman–Crippen MR) is 133 cm³/mol. The molecular weight excluding hydrogens is 516 g/mol. The van der Waals surface area contributed by atoms with Crippen LogP contribution in [0.2, 0.25) is 0 Å². The van der Waals surface area contributed by atoms with Gasteiger partial charge in [0.1, 0.15) is 23.6 Å². The van der Waals surface area contributed by atoms with Crippen LogP contribution in [0.4, 0.5) is 5.69 Å². The van der Waals surface area contributed by atoms with Crippen LogP contribution in [0.5, 0.6) is 5.75 Å². The number of nitrogens with two attached hydrogens (primary N) is 1. The number of aromatic hydroxyl groups is 1. The minimum absolute atomic E-state index is 0.131. The fraction of sp³-hybridized carbons (Fsp3) is 0.440. The smallest absolute Gasteiger partial charge is 0.255 e. The summed E-state index contributed by atoms with van der Waals surface area (Å²) >= 11 is 0. The fourth-order valence-corrected chi connectivity index (χ4v) is 6.06. The normalized spacial score (nSPS) is 30.2. The van der Waals surface area contributed by atoms with Crippen LogP contribution >= 0.6 is 0 Å². The van der Waals surface area contributed by atoms with Gasteiger partial charge in [0.2, 0.25) is 11.7 Å². The first-order valence-corrected chi connectivity index (χ1v) is 12.0. The minimum Gasteiger partial charge on any atom is -0.510 e. The van der Waals surface area contributed by atoms with Gasteiger partial charge in [-0.25, -0.2) is 0 Å². The number of likely N-dealkylation sites (N-methyl/N-ethyl adjacent to an activating group) is 1. The number of nitrogens with zero attached hydrogens (tertiary/aromatic N) is 1. The molecule has 0 saturated heterocycles. The van der Waals surface area contributed by atoms with E-state index in [4.69, 9.17) is 5.73 Å². The van der Waals surface area contributed by atoms with Crippen molar-refractivity contribution in [2.45, 2.75) is 30.6 Å². The van der Waals surface area contributed by atoms with E-state index in [1.54, 1.807) is 6.92 Å². The molecule has 14 heteroatoms. The van der Waals surface area contributed by atoms with Gasteiger partial charge in [-0.3, -0.25) is 24.1 Å². The van der Waals surface area contributed by atoms with Crippen molar-refractivity contribution in [2.75, 3.05) is 33.1 Å². The predicted octanol–water partition coefficient (Wildman–Crippen LogP) is -1.26. The van der Waals surface area contributed by atoms with Crippen LogP contribution < -0.4 is 16.5 Å². The molecule has 0 heterocycles. The van der Waals surface area contributed by atoms with E-state index in [1.807, 2.05) is 0 Å². The molecule has 39 heavy (non-hydrogen) atoms. The van der Waals surface area contributed by atoms with Gasteiger partial charge in [-0.15, -0.1) is 0 Å². The number of benzene rings is 1. The van der Waals surface area contributed by atoms with Crippen LogP contribution in [0.1, 0.15) is 28.8 Å². The number of hydrogen-bond donors (Lipinski definition) is 8. The zero-order chi connectivity index (χ0) is 29.1. The maximum atomic E-state index is 13.8. The summed E-state index contributed by atoms with van der Waals surface area (Å²) in [4.78, 5) is 57.3. The summed E-state index contributed by atoms with van der Waals surface area (Å²) in [6.45, 7) is 1.33. The number of primary amides is 1. The number of fused-ring (bicyclic) bond motifs is 3. The molecule has 1 aromatic carbocycles. The maximum Gasteiger partial charge on any atom is 0.255 e. The van der Waals surface area contributed by atoms with Crippen LogP contribution in [-0.2, 0) is 19.2 Å². The number of carbonyl (C=O) groups is 4. The molecule has 210 valence electrons. The number of hydroxylamine groups is 1. The molecule has 0 saturated carbocycles. The second kappa shape index (κ2) is 9.73. The number of nitrogens with one attached hydrogen (secondary N) is 2. The largest absolute Gasteiger partial charge is 0.510 e. The van der Waals surface area contributed by atoms with Crippen molar-refractivity contribution in [3.63, 3.8) is 0 Å². The zero-order valence-electron chi connectivity index (χ0n) is 21.6. The van der Waals surface area contributed by atoms with Crippen molar-refractivity contribution in [3.05, 3.63) is 45.9 Å². The molecular formula is C25H30N4O10. The number of ketones is 2. The third kappa shape index (κ3) is 3.91. The summed E-state index contributed by atoms with van der Waals surface area (Å²) in [6, 6.07) is 1.49. The number of hydrogen-bond acceptors (Lipinski definition) is 12. The average Bonchev–Trinajstić information content (AvgIpc) is 2.85. The highest BCUT2D eigenvalue weighted by Crippen LogP contribution is 2.55. The van der Waals surface area contributed by atoms with Crippen molar-refractivity contribution in [1.82, 2.24) is 10.4 Å². The molecule has 3 aliphatic rings. The van der Waals surface area contributed by atoms with Gasteiger partial charge in [0.25, 0.3) is 5.91 Å². The van der Waals surface area contributed by atoms with E-state index >= 15 is 0 Å². The number of carbonyl (C=O) groups excluding carboxylic acids is 4. The molecule has 0 aromatic heterocycles. The topological polar surface area (TPSA) is 232 Å². The Morgan fingerprint density at radius 3 is 2.38 bits per heavy atom. The van der Waals surface area contributed by atoms with Gasteiger partial charge in [-0.2, -0.15) is 5.48 Å². The summed E-state index contributed by atoms with van der Waals surface area (Å²) in [5.74, 6) is -10.5. The van der Waals surface area contributed by atoms with Gasteiger partial charge in [0, 0.05) is 11.5 Å². The summed E-state index contributed by atoms with van der Waals surface area (Å²) in [6.07, 6.45) is -1.69. The SMILES string of the molecule is CONCC(=O)Nc1ccc2c(c1O)C(=O)C1=C(O)C3(O)C(=O)C(C(N)=O)=C(O)[C@@H](N(C)C)C3C(O)C1C2C. The Balaban J connectivity index is 1.92. The van der Waals surface area contributed by atoms with Crippen molar-refractivity contribution in [3.8, 4) is 5.75 Å². The van der Waals surface area contributed by atoms with Crippen molar-refractivity contribution >= 4 is 29.1 Å². The molecule has 0 bridgehead atoms. The lowest BCUT2D eigenvalue weighted by Crippen LogP contribution is -2.68. The molecule has 6 atom stereocenters. The van der Waals surface area contributed by atoms with Gasteiger partial charge in [-0.05, 0) is 31.6 Å². The first kappa shape index (κ1) is 28.2. The highest BCUT2D eigenvalue weighted by molar-refractivity contribution is 6.25. The number of Topliss-reactive ketones (excluding diaryl/α,β-unsaturated/α-hetero) is 2. The van der Waals surface area contributed by atoms with Crippen LogP contribution in [0.3, 0.4) is 0 Å². The molecule has 5 unspecified atom stereocenters. The van der Waals surface area contributed by atoms with E-state index in [9.17, 15) is 44.7 Å². The quantitative estimate of drug-likeness (QED) is 0.119. The first-order chi connectivity index (χ1) is 18.2. The van der Waals surface area contributed by atoms with Crippen molar-refractivity contribution in [2.24, 2.45) is 17.6 Å². The summed E-state index contributed by atoms with van der Waals surface area (Å²) < 4.78 is 0. The van der Waals surface area contributed by atoms with E-state index < -0.39 is 87.3 Å². The molecule has 0 spiro atoms. The van der Waals surface area contributed by atoms with E-state index in [0.29, 0.717) is 0 Å². The summed E-state index contributed by atoms with van der Waals surface area (Å²) in [7, 11) is 4.22. The number of rotatable bonds is 6. The molecule has 0 fully saturated rings. The minimum atomic E-state index is -3.00. The molecule has 14 nitrogen and oxygen atoms in total. The van der Waals surface area contributed by atoms with Gasteiger partial charge >= 0.3 is 0 Å². The number of aliphatic hydroxyl groups excluding tert-OH is 3. The van der Waals surface area contributed by atoms with Crippen LogP contribution in [0, 0.1) is 11.8 Å². The van der Waals surface area contributed by atoms with Crippen molar-refractivity contribution in [1.29, 1.82) is 0 Å². The van der Waals surface area contributed by atoms with E-state index in [2.05, 4.69) is 15.6 Å². The van der Waals surface area contributed by atoms with Crippen LogP contribution in [0.25, 0.3) is 0 Å². The lowest BCUT2D eigenvalue weighted by Gasteiger charge is -2.53. The highest BCUT2D eigenvalue weighted by atomic mass is 16.6. The molecule has 0 radical (unpaired) electrons. The number of phenols is 1. The van der Waals surface area contributed by atoms with Gasteiger partial charge in [-0.1, -0.05) is 13.0 Å². The Morgan fingerprint density at radius 1 is 1.18 bits per heavy atom. The monoisotopic (exact) mass is 546 g/mol. The Labute approximate surface area is 222 Å². The molecule has 3 aliphatic carbocycles. The van der Waals surface area contributed by atoms with Gasteiger partial charge in [0.15, 0.2) is 17.1 Å². The highest BCUT2D eigenvalue weighted by Gasteiger charge is 2.67. The Morgan fingerprint density at radius 2 is 1.82 bits per heavy atom. The summed E-state index contributed by atoms with van der Waals surface area (Å²) in [5.41, 5.74) is 2.95. The van der Waals surface area contributed by atoms with Crippen LogP contribution in [0.15, 0.2) is 34.8 Å². The van der Waals surface area contributed by atoms with Crippen LogP contribution in [-0.4, -0.2) is 99.3 Å². The van der Waals surface area contributed by atoms with Gasteiger partial charge in [0.05, 0.1) is 36.4 Å². The Hall–Kier alpha value is -3.82. The average molecular weight is 547 g/mol.